The molecule has 0 saturated carbocycles. The number of nitrogens with one attached hydrogen (secondary N) is 1. The van der Waals surface area contributed by atoms with Gasteiger partial charge < -0.3 is 15.0 Å². The van der Waals surface area contributed by atoms with Crippen LogP contribution in [-0.4, -0.2) is 42.5 Å². The first-order valence-electron chi connectivity index (χ1n) is 6.91. The van der Waals surface area contributed by atoms with Crippen LogP contribution in [0, 0.1) is 6.92 Å². The zero-order valence-electron chi connectivity index (χ0n) is 12.2. The van der Waals surface area contributed by atoms with E-state index in [-0.39, 0.29) is 24.4 Å². The normalized spacial score (nSPS) is 17.4. The fourth-order valence-corrected chi connectivity index (χ4v) is 2.80. The molecular weight excluding hydrogens is 310 g/mol. The van der Waals surface area contributed by atoms with Crippen LogP contribution >= 0.6 is 0 Å². The second kappa shape index (κ2) is 5.49. The fraction of sp³-hybridized carbons (Fsp3) is 0.357. The van der Waals surface area contributed by atoms with Gasteiger partial charge in [-0.1, -0.05) is 0 Å². The molecule has 3 rings (SSSR count). The van der Waals surface area contributed by atoms with E-state index in [4.69, 9.17) is 0 Å². The van der Waals surface area contributed by atoms with Gasteiger partial charge >= 0.3 is 12.5 Å². The van der Waals surface area contributed by atoms with E-state index in [1.807, 2.05) is 0 Å². The van der Waals surface area contributed by atoms with Gasteiger partial charge in [-0.15, -0.1) is 0 Å². The molecule has 2 aromatic heterocycles. The molecule has 1 aliphatic heterocycles. The van der Waals surface area contributed by atoms with Crippen molar-refractivity contribution in [3.63, 3.8) is 0 Å². The number of aromatic amines is 1. The van der Waals surface area contributed by atoms with Gasteiger partial charge in [0, 0.05) is 12.1 Å². The number of H-pyrrole nitrogens is 1. The summed E-state index contributed by atoms with van der Waals surface area (Å²) in [6.07, 6.45) is 1.46. The molecule has 2 aromatic rings. The lowest BCUT2D eigenvalue weighted by molar-refractivity contribution is -0.142. The van der Waals surface area contributed by atoms with Crippen LogP contribution in [0.25, 0.3) is 0 Å². The molecule has 0 aromatic carbocycles. The molecule has 0 bridgehead atoms. The van der Waals surface area contributed by atoms with Crippen LogP contribution in [-0.2, 0) is 17.8 Å². The smallest absolute Gasteiger partial charge is 0.326 e. The maximum Gasteiger partial charge on any atom is 0.326 e. The van der Waals surface area contributed by atoms with Crippen molar-refractivity contribution in [3.8, 4) is 0 Å². The summed E-state index contributed by atoms with van der Waals surface area (Å²) >= 11 is 0. The third-order valence-electron chi connectivity index (χ3n) is 3.98. The number of rotatable bonds is 3. The first-order valence-corrected chi connectivity index (χ1v) is 6.91. The van der Waals surface area contributed by atoms with E-state index in [0.29, 0.717) is 16.0 Å². The number of alkyl halides is 2. The third kappa shape index (κ3) is 2.47. The molecule has 0 radical (unpaired) electrons. The number of aromatic nitrogens is 3. The summed E-state index contributed by atoms with van der Waals surface area (Å²) in [6.45, 7) is -1.43. The number of nitrogens with zero attached hydrogens (tertiary/aromatic N) is 3. The molecule has 1 aliphatic rings. The van der Waals surface area contributed by atoms with Gasteiger partial charge in [-0.25, -0.2) is 9.78 Å². The topological polar surface area (TPSA) is 91.2 Å². The Hall–Kier alpha value is -2.71. The molecule has 9 heteroatoms. The Morgan fingerprint density at radius 3 is 2.83 bits per heavy atom. The minimum absolute atomic E-state index is 0.0153. The molecular formula is C14H14F2N4O3. The number of amides is 1. The first-order chi connectivity index (χ1) is 10.9. The molecule has 0 saturated heterocycles. The number of carbonyl (C=O) groups is 2. The summed E-state index contributed by atoms with van der Waals surface area (Å²) in [4.78, 5) is 32.1. The molecule has 122 valence electrons. The van der Waals surface area contributed by atoms with Crippen LogP contribution in [0.2, 0.25) is 0 Å². The van der Waals surface area contributed by atoms with Gasteiger partial charge in [0.25, 0.3) is 5.91 Å². The van der Waals surface area contributed by atoms with Gasteiger partial charge in [0.1, 0.15) is 11.7 Å². The minimum Gasteiger partial charge on any atom is -0.480 e. The first kappa shape index (κ1) is 15.2. The number of carboxylic acid groups (broad SMARTS) is 1. The second-order valence-electron chi connectivity index (χ2n) is 5.33. The maximum absolute atomic E-state index is 13.2. The summed E-state index contributed by atoms with van der Waals surface area (Å²) in [5.41, 5.74) is 1.19. The summed E-state index contributed by atoms with van der Waals surface area (Å²) in [5.74, 6) is -1.94. The van der Waals surface area contributed by atoms with Gasteiger partial charge in [-0.3, -0.25) is 9.36 Å². The van der Waals surface area contributed by atoms with Crippen LogP contribution < -0.4 is 0 Å². The summed E-state index contributed by atoms with van der Waals surface area (Å²) in [7, 11) is 0. The Kier molecular flexibility index (Phi) is 3.63. The van der Waals surface area contributed by atoms with E-state index in [1.165, 1.54) is 25.4 Å². The zero-order chi connectivity index (χ0) is 16.7. The molecule has 0 aliphatic carbocycles. The van der Waals surface area contributed by atoms with Crippen LogP contribution in [0.3, 0.4) is 0 Å². The Morgan fingerprint density at radius 1 is 1.43 bits per heavy atom. The molecule has 3 heterocycles. The molecule has 0 spiro atoms. The van der Waals surface area contributed by atoms with Gasteiger partial charge in [0.2, 0.25) is 0 Å². The predicted molar refractivity (Wildman–Crippen MR) is 74.0 cm³/mol. The molecule has 1 amide bonds. The van der Waals surface area contributed by atoms with Crippen LogP contribution in [0.1, 0.15) is 34.1 Å². The number of carbonyl (C=O) groups excluding carboxylic acids is 1. The quantitative estimate of drug-likeness (QED) is 0.896. The van der Waals surface area contributed by atoms with E-state index < -0.39 is 24.5 Å². The second-order valence-corrected chi connectivity index (χ2v) is 5.33. The van der Waals surface area contributed by atoms with Crippen molar-refractivity contribution in [3.05, 3.63) is 41.2 Å². The minimum atomic E-state index is -2.88. The highest BCUT2D eigenvalue weighted by Crippen LogP contribution is 2.25. The fourth-order valence-electron chi connectivity index (χ4n) is 2.80. The van der Waals surface area contributed by atoms with E-state index in [2.05, 4.69) is 9.97 Å². The highest BCUT2D eigenvalue weighted by molar-refractivity contribution is 5.96. The maximum atomic E-state index is 13.2. The largest absolute Gasteiger partial charge is 0.480 e. The van der Waals surface area contributed by atoms with Crippen LogP contribution in [0.5, 0.6) is 0 Å². The number of aryl methyl sites for hydroxylation is 1. The summed E-state index contributed by atoms with van der Waals surface area (Å²) in [6, 6.07) is 1.55. The van der Waals surface area contributed by atoms with Gasteiger partial charge in [-0.05, 0) is 19.1 Å². The highest BCUT2D eigenvalue weighted by atomic mass is 19.3. The third-order valence-corrected chi connectivity index (χ3v) is 3.98. The number of hydrogen-bond donors (Lipinski definition) is 2. The summed E-state index contributed by atoms with van der Waals surface area (Å²) in [5, 5.41) is 9.36. The lowest BCUT2D eigenvalue weighted by Gasteiger charge is -2.32. The Balaban J connectivity index is 1.99. The van der Waals surface area contributed by atoms with Crippen molar-refractivity contribution in [2.24, 2.45) is 0 Å². The van der Waals surface area contributed by atoms with Gasteiger partial charge in [-0.2, -0.15) is 8.78 Å². The predicted octanol–water partition coefficient (Wildman–Crippen LogP) is 1.57. The number of halogens is 2. The average molecular weight is 324 g/mol. The lowest BCUT2D eigenvalue weighted by atomic mass is 10.0. The molecule has 1 atom stereocenters. The Bertz CT molecular complexity index is 768. The van der Waals surface area contributed by atoms with E-state index in [9.17, 15) is 23.5 Å². The molecule has 0 unspecified atom stereocenters. The number of imidazole rings is 1. The number of hydrogen-bond acceptors (Lipinski definition) is 3. The van der Waals surface area contributed by atoms with Crippen LogP contribution in [0.15, 0.2) is 18.5 Å². The standard InChI is InChI=1S/C14H14F2N4O3/c1-7-2-3-10(20(7)14(15)16)12(21)19-5-9-8(17-6-18-9)4-11(19)13(22)23/h2-3,6,11,14H,4-5H2,1H3,(H,17,18)(H,22,23)/t11-/m1/s1. The van der Waals surface area contributed by atoms with Crippen molar-refractivity contribution in [2.75, 3.05) is 0 Å². The SMILES string of the molecule is Cc1ccc(C(=O)N2Cc3[nH]cnc3C[C@@H]2C(=O)O)n1C(F)F. The highest BCUT2D eigenvalue weighted by Gasteiger charge is 2.37. The van der Waals surface area contributed by atoms with Crippen LogP contribution in [0.4, 0.5) is 8.78 Å². The number of carboxylic acids is 1. The Labute approximate surface area is 129 Å². The molecule has 7 nitrogen and oxygen atoms in total. The molecule has 2 N–H and O–H groups in total. The molecule has 0 fully saturated rings. The summed E-state index contributed by atoms with van der Waals surface area (Å²) < 4.78 is 26.9. The molecule has 23 heavy (non-hydrogen) atoms. The van der Waals surface area contributed by atoms with E-state index in [0.717, 1.165) is 4.90 Å². The van der Waals surface area contributed by atoms with E-state index in [1.54, 1.807) is 0 Å². The average Bonchev–Trinajstić information content (AvgIpc) is 3.10. The zero-order valence-corrected chi connectivity index (χ0v) is 12.2. The van der Waals surface area contributed by atoms with E-state index >= 15 is 0 Å². The van der Waals surface area contributed by atoms with Crippen molar-refractivity contribution in [1.82, 2.24) is 19.4 Å². The lowest BCUT2D eigenvalue weighted by Crippen LogP contribution is -2.49. The van der Waals surface area contributed by atoms with Crippen molar-refractivity contribution >= 4 is 11.9 Å². The van der Waals surface area contributed by atoms with Crippen molar-refractivity contribution < 1.29 is 23.5 Å². The number of aliphatic carboxylic acids is 1. The van der Waals surface area contributed by atoms with Gasteiger partial charge in [0.05, 0.1) is 24.3 Å². The number of fused-ring (bicyclic) bond motifs is 1. The van der Waals surface area contributed by atoms with Crippen molar-refractivity contribution in [2.45, 2.75) is 32.5 Å². The van der Waals surface area contributed by atoms with Gasteiger partial charge in [0.15, 0.2) is 0 Å². The van der Waals surface area contributed by atoms with Crippen molar-refractivity contribution in [1.29, 1.82) is 0 Å². The monoisotopic (exact) mass is 324 g/mol. The Morgan fingerprint density at radius 2 is 2.17 bits per heavy atom.